The Hall–Kier alpha value is -2.84. The third-order valence-electron chi connectivity index (χ3n) is 4.60. The van der Waals surface area contributed by atoms with E-state index in [4.69, 9.17) is 16.3 Å². The molecule has 0 bridgehead atoms. The minimum absolute atomic E-state index is 0.145. The number of aromatic nitrogens is 3. The molecule has 0 aliphatic heterocycles. The van der Waals surface area contributed by atoms with Crippen LogP contribution in [0.1, 0.15) is 37.0 Å². The summed E-state index contributed by atoms with van der Waals surface area (Å²) in [5.74, 6) is 0.180. The van der Waals surface area contributed by atoms with Crippen molar-refractivity contribution in [2.75, 3.05) is 17.7 Å². The number of thioether (sulfide) groups is 1. The standard InChI is InChI=1S/C23H25ClN4O3S/c1-3-5-13-31-22(30)18-14-17(11-12-19(18)24)25-20(29)15-32-23-27-26-21(28(23)4-2)16-9-7-6-8-10-16/h6-12,14H,3-5,13,15H2,1-2H3,(H,25,29). The predicted octanol–water partition coefficient (Wildman–Crippen LogP) is 5.31. The summed E-state index contributed by atoms with van der Waals surface area (Å²) < 4.78 is 7.19. The number of carbonyl (C=O) groups excluding carboxylic acids is 2. The van der Waals surface area contributed by atoms with Gasteiger partial charge in [0, 0.05) is 17.8 Å². The van der Waals surface area contributed by atoms with Crippen LogP contribution in [0.2, 0.25) is 5.02 Å². The number of halogens is 1. The first kappa shape index (κ1) is 23.8. The number of anilines is 1. The van der Waals surface area contributed by atoms with Crippen LogP contribution in [-0.2, 0) is 16.1 Å². The van der Waals surface area contributed by atoms with Crippen LogP contribution in [0, 0.1) is 0 Å². The number of benzene rings is 2. The summed E-state index contributed by atoms with van der Waals surface area (Å²) in [5, 5.41) is 12.3. The van der Waals surface area contributed by atoms with Gasteiger partial charge < -0.3 is 14.6 Å². The molecule has 0 aliphatic carbocycles. The molecule has 3 rings (SSSR count). The normalized spacial score (nSPS) is 10.7. The summed E-state index contributed by atoms with van der Waals surface area (Å²) in [6.07, 6.45) is 1.71. The topological polar surface area (TPSA) is 86.1 Å². The lowest BCUT2D eigenvalue weighted by Gasteiger charge is -2.10. The van der Waals surface area contributed by atoms with Crippen molar-refractivity contribution in [3.63, 3.8) is 0 Å². The molecule has 0 radical (unpaired) electrons. The van der Waals surface area contributed by atoms with E-state index in [1.54, 1.807) is 12.1 Å². The van der Waals surface area contributed by atoms with Gasteiger partial charge in [-0.15, -0.1) is 10.2 Å². The van der Waals surface area contributed by atoms with Crippen molar-refractivity contribution in [2.24, 2.45) is 0 Å². The van der Waals surface area contributed by atoms with E-state index in [-0.39, 0.29) is 22.2 Å². The molecule has 1 N–H and O–H groups in total. The summed E-state index contributed by atoms with van der Waals surface area (Å²) in [6.45, 7) is 5.04. The first-order valence-corrected chi connectivity index (χ1v) is 11.8. The lowest BCUT2D eigenvalue weighted by molar-refractivity contribution is -0.113. The van der Waals surface area contributed by atoms with Gasteiger partial charge in [-0.3, -0.25) is 4.79 Å². The number of hydrogen-bond donors (Lipinski definition) is 1. The Bertz CT molecular complexity index is 1070. The maximum absolute atomic E-state index is 12.5. The number of amides is 1. The van der Waals surface area contributed by atoms with Gasteiger partial charge in [0.15, 0.2) is 11.0 Å². The highest BCUT2D eigenvalue weighted by Gasteiger charge is 2.16. The SMILES string of the molecule is CCCCOC(=O)c1cc(NC(=O)CSc2nnc(-c3ccccc3)n2CC)ccc1Cl. The highest BCUT2D eigenvalue weighted by molar-refractivity contribution is 7.99. The highest BCUT2D eigenvalue weighted by atomic mass is 35.5. The van der Waals surface area contributed by atoms with Crippen molar-refractivity contribution in [3.05, 3.63) is 59.1 Å². The van der Waals surface area contributed by atoms with Crippen LogP contribution in [0.4, 0.5) is 5.69 Å². The van der Waals surface area contributed by atoms with Crippen LogP contribution < -0.4 is 5.32 Å². The molecule has 1 heterocycles. The third kappa shape index (κ3) is 6.11. The van der Waals surface area contributed by atoms with Gasteiger partial charge in [-0.25, -0.2) is 4.79 Å². The maximum atomic E-state index is 12.5. The summed E-state index contributed by atoms with van der Waals surface area (Å²) >= 11 is 7.43. The van der Waals surface area contributed by atoms with E-state index in [9.17, 15) is 9.59 Å². The zero-order valence-electron chi connectivity index (χ0n) is 18.0. The van der Waals surface area contributed by atoms with Crippen LogP contribution in [0.3, 0.4) is 0 Å². The molecule has 2 aromatic carbocycles. The van der Waals surface area contributed by atoms with Crippen molar-refractivity contribution >= 4 is 40.9 Å². The average molecular weight is 473 g/mol. The number of unbranched alkanes of at least 4 members (excludes halogenated alkanes) is 1. The molecule has 9 heteroatoms. The first-order valence-electron chi connectivity index (χ1n) is 10.4. The summed E-state index contributed by atoms with van der Waals surface area (Å²) in [6, 6.07) is 14.5. The molecule has 0 spiro atoms. The van der Waals surface area contributed by atoms with Crippen LogP contribution in [0.5, 0.6) is 0 Å². The molecule has 0 unspecified atom stereocenters. The van der Waals surface area contributed by atoms with Crippen LogP contribution in [0.25, 0.3) is 11.4 Å². The quantitative estimate of drug-likeness (QED) is 0.244. The number of rotatable bonds is 10. The lowest BCUT2D eigenvalue weighted by atomic mass is 10.2. The molecule has 168 valence electrons. The second kappa shape index (κ2) is 11.7. The summed E-state index contributed by atoms with van der Waals surface area (Å²) in [4.78, 5) is 24.7. The average Bonchev–Trinajstić information content (AvgIpc) is 3.22. The first-order chi connectivity index (χ1) is 15.5. The molecule has 0 saturated heterocycles. The largest absolute Gasteiger partial charge is 0.462 e. The smallest absolute Gasteiger partial charge is 0.339 e. The molecule has 0 atom stereocenters. The fourth-order valence-electron chi connectivity index (χ4n) is 2.95. The Kier molecular flexibility index (Phi) is 8.70. The second-order valence-electron chi connectivity index (χ2n) is 6.94. The number of esters is 1. The van der Waals surface area contributed by atoms with Crippen molar-refractivity contribution in [1.82, 2.24) is 14.8 Å². The molecular formula is C23H25ClN4O3S. The van der Waals surface area contributed by atoms with Crippen LogP contribution in [0.15, 0.2) is 53.7 Å². The van der Waals surface area contributed by atoms with Gasteiger partial charge >= 0.3 is 5.97 Å². The van der Waals surface area contributed by atoms with E-state index in [0.717, 1.165) is 24.2 Å². The van der Waals surface area contributed by atoms with E-state index >= 15 is 0 Å². The third-order valence-corrected chi connectivity index (χ3v) is 5.89. The number of carbonyl (C=O) groups is 2. The molecule has 1 amide bonds. The fraction of sp³-hybridized carbons (Fsp3) is 0.304. The molecule has 0 fully saturated rings. The second-order valence-corrected chi connectivity index (χ2v) is 8.29. The number of nitrogens with zero attached hydrogens (tertiary/aromatic N) is 3. The van der Waals surface area contributed by atoms with E-state index in [0.29, 0.717) is 24.0 Å². The highest BCUT2D eigenvalue weighted by Crippen LogP contribution is 2.25. The number of hydrogen-bond acceptors (Lipinski definition) is 6. The van der Waals surface area contributed by atoms with Gasteiger partial charge in [-0.05, 0) is 31.5 Å². The number of ether oxygens (including phenoxy) is 1. The molecule has 1 aromatic heterocycles. The maximum Gasteiger partial charge on any atom is 0.339 e. The predicted molar refractivity (Wildman–Crippen MR) is 127 cm³/mol. The van der Waals surface area contributed by atoms with Gasteiger partial charge in [-0.1, -0.05) is 67.0 Å². The Morgan fingerprint density at radius 2 is 1.91 bits per heavy atom. The van der Waals surface area contributed by atoms with E-state index in [1.165, 1.54) is 17.8 Å². The van der Waals surface area contributed by atoms with Gasteiger partial charge in [0.2, 0.25) is 5.91 Å². The summed E-state index contributed by atoms with van der Waals surface area (Å²) in [5.41, 5.74) is 1.67. The molecular weight excluding hydrogens is 448 g/mol. The Labute approximate surface area is 196 Å². The minimum Gasteiger partial charge on any atom is -0.462 e. The Balaban J connectivity index is 1.63. The lowest BCUT2D eigenvalue weighted by Crippen LogP contribution is -2.15. The molecule has 32 heavy (non-hydrogen) atoms. The van der Waals surface area contributed by atoms with Gasteiger partial charge in [0.1, 0.15) is 0 Å². The Morgan fingerprint density at radius 1 is 1.12 bits per heavy atom. The zero-order valence-corrected chi connectivity index (χ0v) is 19.6. The van der Waals surface area contributed by atoms with E-state index in [1.807, 2.05) is 48.7 Å². The Morgan fingerprint density at radius 3 is 2.62 bits per heavy atom. The monoisotopic (exact) mass is 472 g/mol. The van der Waals surface area contributed by atoms with Crippen molar-refractivity contribution in [3.8, 4) is 11.4 Å². The van der Waals surface area contributed by atoms with E-state index in [2.05, 4.69) is 15.5 Å². The molecule has 0 aliphatic rings. The van der Waals surface area contributed by atoms with Gasteiger partial charge in [0.25, 0.3) is 0 Å². The zero-order chi connectivity index (χ0) is 22.9. The van der Waals surface area contributed by atoms with Crippen LogP contribution >= 0.6 is 23.4 Å². The molecule has 7 nitrogen and oxygen atoms in total. The van der Waals surface area contributed by atoms with Crippen molar-refractivity contribution in [2.45, 2.75) is 38.4 Å². The molecule has 0 saturated carbocycles. The van der Waals surface area contributed by atoms with E-state index < -0.39 is 5.97 Å². The van der Waals surface area contributed by atoms with Gasteiger partial charge in [0.05, 0.1) is 22.9 Å². The fourth-order valence-corrected chi connectivity index (χ4v) is 3.95. The minimum atomic E-state index is -0.501. The molecule has 3 aromatic rings. The van der Waals surface area contributed by atoms with Crippen LogP contribution in [-0.4, -0.2) is 39.0 Å². The summed E-state index contributed by atoms with van der Waals surface area (Å²) in [7, 11) is 0. The van der Waals surface area contributed by atoms with Gasteiger partial charge in [-0.2, -0.15) is 0 Å². The van der Waals surface area contributed by atoms with Crippen molar-refractivity contribution in [1.29, 1.82) is 0 Å². The van der Waals surface area contributed by atoms with Crippen molar-refractivity contribution < 1.29 is 14.3 Å². The number of nitrogens with one attached hydrogen (secondary N) is 1.